The van der Waals surface area contributed by atoms with E-state index in [1.54, 1.807) is 12.1 Å². The van der Waals surface area contributed by atoms with Crippen LogP contribution in [0.5, 0.6) is 0 Å². The molecule has 0 unspecified atom stereocenters. The van der Waals surface area contributed by atoms with Gasteiger partial charge in [-0.2, -0.15) is 0 Å². The van der Waals surface area contributed by atoms with E-state index < -0.39 is 0 Å². The van der Waals surface area contributed by atoms with E-state index in [2.05, 4.69) is 15.6 Å². The average Bonchev–Trinajstić information content (AvgIpc) is 3.00. The molecule has 3 rings (SSSR count). The number of nitrogens with one attached hydrogen (secondary N) is 2. The average molecular weight is 408 g/mol. The third-order valence-corrected chi connectivity index (χ3v) is 5.07. The molecule has 1 heterocycles. The van der Waals surface area contributed by atoms with Crippen LogP contribution in [0, 0.1) is 0 Å². The normalized spacial score (nSPS) is 11.0. The van der Waals surface area contributed by atoms with Crippen molar-refractivity contribution in [3.8, 4) is 0 Å². The molecule has 2 N–H and O–H groups in total. The van der Waals surface area contributed by atoms with Crippen LogP contribution in [0.1, 0.15) is 5.56 Å². The van der Waals surface area contributed by atoms with Gasteiger partial charge in [0.05, 0.1) is 14.7 Å². The number of carbonyl (C=O) groups is 1. The first-order valence-electron chi connectivity index (χ1n) is 7.12. The zero-order valence-electron chi connectivity index (χ0n) is 12.6. The van der Waals surface area contributed by atoms with E-state index in [1.165, 1.54) is 17.4 Å². The molecule has 0 spiro atoms. The van der Waals surface area contributed by atoms with Crippen molar-refractivity contribution in [2.45, 2.75) is 0 Å². The number of thiazole rings is 1. The number of amides is 1. The van der Waals surface area contributed by atoms with E-state index in [-0.39, 0.29) is 11.0 Å². The Morgan fingerprint density at radius 3 is 2.68 bits per heavy atom. The number of aromatic nitrogens is 1. The predicted octanol–water partition coefficient (Wildman–Crippen LogP) is 5.13. The summed E-state index contributed by atoms with van der Waals surface area (Å²) in [6.07, 6.45) is 3.12. The van der Waals surface area contributed by atoms with Crippen molar-refractivity contribution < 1.29 is 4.79 Å². The summed E-state index contributed by atoms with van der Waals surface area (Å²) in [6, 6.07) is 13.0. The summed E-state index contributed by atoms with van der Waals surface area (Å²) >= 11 is 18.6. The summed E-state index contributed by atoms with van der Waals surface area (Å²) in [5.74, 6) is -0.330. The Kier molecular flexibility index (Phi) is 5.65. The number of thiocarbonyl (C=S) groups is 1. The van der Waals surface area contributed by atoms with Gasteiger partial charge >= 0.3 is 0 Å². The van der Waals surface area contributed by atoms with Crippen LogP contribution in [0.2, 0.25) is 10.0 Å². The maximum Gasteiger partial charge on any atom is 0.250 e. The van der Waals surface area contributed by atoms with Gasteiger partial charge in [0.15, 0.2) is 10.2 Å². The van der Waals surface area contributed by atoms with Crippen molar-refractivity contribution in [3.05, 3.63) is 64.1 Å². The molecule has 8 heteroatoms. The number of nitrogens with zero attached hydrogens (tertiary/aromatic N) is 1. The molecule has 0 aliphatic rings. The second-order valence-corrected chi connectivity index (χ2v) is 7.14. The lowest BCUT2D eigenvalue weighted by atomic mass is 10.2. The SMILES string of the molecule is O=C(C=Cc1ccccc1)NC(=S)Nc1nc2c(Cl)c(Cl)ccc2s1. The fourth-order valence-corrected chi connectivity index (χ4v) is 3.56. The first-order chi connectivity index (χ1) is 12.0. The van der Waals surface area contributed by atoms with Crippen molar-refractivity contribution in [2.75, 3.05) is 5.32 Å². The molecule has 4 nitrogen and oxygen atoms in total. The van der Waals surface area contributed by atoms with Gasteiger partial charge in [-0.05, 0) is 36.0 Å². The Labute approximate surface area is 163 Å². The molecule has 0 aliphatic carbocycles. The third-order valence-electron chi connectivity index (χ3n) is 3.14. The highest BCUT2D eigenvalue weighted by Crippen LogP contribution is 2.35. The Morgan fingerprint density at radius 1 is 1.16 bits per heavy atom. The van der Waals surface area contributed by atoms with E-state index in [0.717, 1.165) is 10.3 Å². The number of halogens is 2. The van der Waals surface area contributed by atoms with E-state index in [1.807, 2.05) is 36.4 Å². The maximum absolute atomic E-state index is 11.9. The van der Waals surface area contributed by atoms with Crippen LogP contribution in [-0.4, -0.2) is 16.0 Å². The molecule has 0 saturated carbocycles. The monoisotopic (exact) mass is 407 g/mol. The van der Waals surface area contributed by atoms with Crippen LogP contribution in [0.3, 0.4) is 0 Å². The fraction of sp³-hybridized carbons (Fsp3) is 0. The quantitative estimate of drug-likeness (QED) is 0.466. The van der Waals surface area contributed by atoms with Gasteiger partial charge in [-0.25, -0.2) is 4.98 Å². The molecule has 0 radical (unpaired) electrons. The minimum Gasteiger partial charge on any atom is -0.308 e. The largest absolute Gasteiger partial charge is 0.308 e. The lowest BCUT2D eigenvalue weighted by Crippen LogP contribution is -2.32. The fourth-order valence-electron chi connectivity index (χ4n) is 2.01. The van der Waals surface area contributed by atoms with E-state index in [4.69, 9.17) is 35.4 Å². The van der Waals surface area contributed by atoms with Gasteiger partial charge in [-0.1, -0.05) is 64.9 Å². The molecule has 0 aliphatic heterocycles. The minimum absolute atomic E-state index is 0.156. The van der Waals surface area contributed by atoms with Crippen LogP contribution < -0.4 is 10.6 Å². The van der Waals surface area contributed by atoms with Crippen molar-refractivity contribution >= 4 is 79.2 Å². The molecule has 126 valence electrons. The molecule has 0 saturated heterocycles. The maximum atomic E-state index is 11.9. The van der Waals surface area contributed by atoms with Gasteiger partial charge in [0, 0.05) is 6.08 Å². The summed E-state index contributed by atoms with van der Waals surface area (Å²) in [6.45, 7) is 0. The Morgan fingerprint density at radius 2 is 1.92 bits per heavy atom. The van der Waals surface area contributed by atoms with Crippen molar-refractivity contribution in [1.82, 2.24) is 10.3 Å². The van der Waals surface area contributed by atoms with Crippen LogP contribution in [-0.2, 0) is 4.79 Å². The summed E-state index contributed by atoms with van der Waals surface area (Å²) in [7, 11) is 0. The Balaban J connectivity index is 1.63. The molecular weight excluding hydrogens is 397 g/mol. The standard InChI is InChI=1S/C17H11Cl2N3OS2/c18-11-7-8-12-15(14(11)19)21-17(25-12)22-16(24)20-13(23)9-6-10-4-2-1-3-5-10/h1-9H,(H2,20,21,22,23,24). The lowest BCUT2D eigenvalue weighted by molar-refractivity contribution is -0.115. The smallest absolute Gasteiger partial charge is 0.250 e. The van der Waals surface area contributed by atoms with Crippen LogP contribution in [0.15, 0.2) is 48.5 Å². The molecule has 0 fully saturated rings. The van der Waals surface area contributed by atoms with Crippen LogP contribution in [0.4, 0.5) is 5.13 Å². The van der Waals surface area contributed by atoms with Gasteiger partial charge in [-0.15, -0.1) is 0 Å². The van der Waals surface area contributed by atoms with Crippen LogP contribution >= 0.6 is 46.8 Å². The predicted molar refractivity (Wildman–Crippen MR) is 109 cm³/mol. The highest BCUT2D eigenvalue weighted by atomic mass is 35.5. The molecule has 2 aromatic carbocycles. The molecule has 3 aromatic rings. The second kappa shape index (κ2) is 7.93. The Bertz CT molecular complexity index is 971. The molecule has 0 bridgehead atoms. The summed E-state index contributed by atoms with van der Waals surface area (Å²) in [5.41, 5.74) is 1.52. The number of hydrogen-bond donors (Lipinski definition) is 2. The van der Waals surface area contributed by atoms with Crippen molar-refractivity contribution in [3.63, 3.8) is 0 Å². The number of rotatable bonds is 3. The third kappa shape index (κ3) is 4.55. The first kappa shape index (κ1) is 17.8. The molecule has 0 atom stereocenters. The van der Waals surface area contributed by atoms with E-state index in [9.17, 15) is 4.79 Å². The first-order valence-corrected chi connectivity index (χ1v) is 9.10. The minimum atomic E-state index is -0.330. The molecule has 25 heavy (non-hydrogen) atoms. The van der Waals surface area contributed by atoms with Gasteiger partial charge in [0.2, 0.25) is 5.91 Å². The summed E-state index contributed by atoms with van der Waals surface area (Å²) in [5, 5.41) is 6.96. The number of carbonyl (C=O) groups excluding carboxylic acids is 1. The van der Waals surface area contributed by atoms with E-state index >= 15 is 0 Å². The van der Waals surface area contributed by atoms with Crippen molar-refractivity contribution in [1.29, 1.82) is 0 Å². The summed E-state index contributed by atoms with van der Waals surface area (Å²) in [4.78, 5) is 16.3. The number of hydrogen-bond acceptors (Lipinski definition) is 4. The Hall–Kier alpha value is -1.99. The zero-order valence-corrected chi connectivity index (χ0v) is 15.8. The van der Waals surface area contributed by atoms with Crippen molar-refractivity contribution in [2.24, 2.45) is 0 Å². The molecular formula is C17H11Cl2N3OS2. The van der Waals surface area contributed by atoms with Gasteiger partial charge in [-0.3, -0.25) is 10.1 Å². The van der Waals surface area contributed by atoms with Gasteiger partial charge in [0.1, 0.15) is 5.52 Å². The number of benzene rings is 2. The molecule has 1 amide bonds. The second-order valence-electron chi connectivity index (χ2n) is 4.91. The lowest BCUT2D eigenvalue weighted by Gasteiger charge is -2.04. The molecule has 1 aromatic heterocycles. The van der Waals surface area contributed by atoms with Gasteiger partial charge < -0.3 is 5.32 Å². The number of anilines is 1. The zero-order chi connectivity index (χ0) is 17.8. The van der Waals surface area contributed by atoms with Gasteiger partial charge in [0.25, 0.3) is 0 Å². The highest BCUT2D eigenvalue weighted by molar-refractivity contribution is 7.80. The topological polar surface area (TPSA) is 54.0 Å². The highest BCUT2D eigenvalue weighted by Gasteiger charge is 2.11. The van der Waals surface area contributed by atoms with Crippen LogP contribution in [0.25, 0.3) is 16.3 Å². The number of fused-ring (bicyclic) bond motifs is 1. The van der Waals surface area contributed by atoms with E-state index in [0.29, 0.717) is 20.7 Å². The summed E-state index contributed by atoms with van der Waals surface area (Å²) < 4.78 is 0.870.